The highest BCUT2D eigenvalue weighted by Crippen LogP contribution is 2.15. The molecule has 0 aliphatic carbocycles. The lowest BCUT2D eigenvalue weighted by molar-refractivity contribution is -0.117. The maximum atomic E-state index is 12.2. The Morgan fingerprint density at radius 1 is 1.15 bits per heavy atom. The number of benzene rings is 1. The summed E-state index contributed by atoms with van der Waals surface area (Å²) in [6.45, 7) is 7.15. The molecule has 138 valence electrons. The summed E-state index contributed by atoms with van der Waals surface area (Å²) in [5.74, 6) is -0.0128. The Morgan fingerprint density at radius 2 is 1.88 bits per heavy atom. The monoisotopic (exact) mass is 371 g/mol. The maximum Gasteiger partial charge on any atom is 0.240 e. The van der Waals surface area contributed by atoms with Gasteiger partial charge in [0.2, 0.25) is 11.0 Å². The molecule has 2 aromatic rings. The molecule has 0 saturated carbocycles. The van der Waals surface area contributed by atoms with Crippen molar-refractivity contribution >= 4 is 28.5 Å². The second-order valence-corrected chi connectivity index (χ2v) is 7.35. The number of hydrogen-bond donors (Lipinski definition) is 1. The molecule has 0 spiro atoms. The van der Waals surface area contributed by atoms with E-state index in [-0.39, 0.29) is 5.91 Å². The van der Waals surface area contributed by atoms with Gasteiger partial charge in [0.15, 0.2) is 0 Å². The maximum absolute atomic E-state index is 12.2. The molecule has 1 N–H and O–H groups in total. The predicted molar refractivity (Wildman–Crippen MR) is 106 cm³/mol. The Kier molecular flexibility index (Phi) is 6.88. The molecule has 1 aliphatic heterocycles. The molecule has 1 fully saturated rings. The molecule has 1 aliphatic rings. The van der Waals surface area contributed by atoms with Gasteiger partial charge in [0.25, 0.3) is 0 Å². The molecule has 0 atom stereocenters. The molecule has 0 unspecified atom stereocenters. The van der Waals surface area contributed by atoms with Gasteiger partial charge in [-0.1, -0.05) is 60.7 Å². The van der Waals surface area contributed by atoms with Crippen molar-refractivity contribution in [1.29, 1.82) is 0 Å². The average molecular weight is 372 g/mol. The summed E-state index contributed by atoms with van der Waals surface area (Å²) in [4.78, 5) is 16.7. The van der Waals surface area contributed by atoms with E-state index in [9.17, 15) is 4.79 Å². The van der Waals surface area contributed by atoms with E-state index in [4.69, 9.17) is 0 Å². The normalized spacial score (nSPS) is 16.2. The fraction of sp³-hybridized carbons (Fsp3) is 0.421. The van der Waals surface area contributed by atoms with Crippen molar-refractivity contribution < 1.29 is 4.79 Å². The van der Waals surface area contributed by atoms with Crippen molar-refractivity contribution in [3.05, 3.63) is 47.0 Å². The van der Waals surface area contributed by atoms with Crippen LogP contribution >= 0.6 is 11.3 Å². The lowest BCUT2D eigenvalue weighted by Gasteiger charge is -2.33. The number of nitrogens with one attached hydrogen (secondary N) is 1. The van der Waals surface area contributed by atoms with Gasteiger partial charge in [-0.2, -0.15) is 0 Å². The molecule has 0 radical (unpaired) electrons. The lowest BCUT2D eigenvalue weighted by Crippen LogP contribution is -2.48. The van der Waals surface area contributed by atoms with Crippen LogP contribution in [0.5, 0.6) is 0 Å². The molecule has 26 heavy (non-hydrogen) atoms. The van der Waals surface area contributed by atoms with Crippen LogP contribution in [0.3, 0.4) is 0 Å². The van der Waals surface area contributed by atoms with Crippen molar-refractivity contribution in [1.82, 2.24) is 20.0 Å². The topological polar surface area (TPSA) is 61.4 Å². The Bertz CT molecular complexity index is 723. The first kappa shape index (κ1) is 18.7. The first-order chi connectivity index (χ1) is 12.7. The van der Waals surface area contributed by atoms with Gasteiger partial charge in [-0.25, -0.2) is 0 Å². The summed E-state index contributed by atoms with van der Waals surface area (Å²) in [6, 6.07) is 10.3. The lowest BCUT2D eigenvalue weighted by atomic mass is 10.2. The van der Waals surface area contributed by atoms with E-state index in [0.717, 1.165) is 44.2 Å². The smallest absolute Gasteiger partial charge is 0.240 e. The van der Waals surface area contributed by atoms with E-state index in [1.165, 1.54) is 16.9 Å². The van der Waals surface area contributed by atoms with Crippen LogP contribution in [0.2, 0.25) is 0 Å². The molecule has 0 bridgehead atoms. The summed E-state index contributed by atoms with van der Waals surface area (Å²) in [7, 11) is 0. The SMILES string of the molecule is CCc1nnc(NC(=O)CN2CCN(CC=Cc3ccccc3)CC2)s1. The van der Waals surface area contributed by atoms with Crippen LogP contribution in [-0.4, -0.2) is 65.2 Å². The predicted octanol–water partition coefficient (Wildman–Crippen LogP) is 2.37. The molecule has 2 heterocycles. The van der Waals surface area contributed by atoms with Gasteiger partial charge in [-0.15, -0.1) is 10.2 Å². The number of carbonyl (C=O) groups excluding carboxylic acids is 1. The highest BCUT2D eigenvalue weighted by Gasteiger charge is 2.18. The van der Waals surface area contributed by atoms with Crippen LogP contribution in [-0.2, 0) is 11.2 Å². The van der Waals surface area contributed by atoms with Gasteiger partial charge < -0.3 is 0 Å². The van der Waals surface area contributed by atoms with Crippen molar-refractivity contribution in [2.75, 3.05) is 44.6 Å². The number of aryl methyl sites for hydroxylation is 1. The van der Waals surface area contributed by atoms with Crippen molar-refractivity contribution in [3.8, 4) is 0 Å². The number of rotatable bonds is 7. The Balaban J connectivity index is 1.36. The minimum absolute atomic E-state index is 0.0128. The average Bonchev–Trinajstić information content (AvgIpc) is 3.11. The first-order valence-corrected chi connectivity index (χ1v) is 9.83. The Hall–Kier alpha value is -2.09. The number of amides is 1. The molecule has 1 saturated heterocycles. The van der Waals surface area contributed by atoms with Crippen LogP contribution < -0.4 is 5.32 Å². The summed E-state index contributed by atoms with van der Waals surface area (Å²) < 4.78 is 0. The summed E-state index contributed by atoms with van der Waals surface area (Å²) in [6.07, 6.45) is 5.21. The summed E-state index contributed by atoms with van der Waals surface area (Å²) >= 11 is 1.44. The third-order valence-corrected chi connectivity index (χ3v) is 5.30. The quantitative estimate of drug-likeness (QED) is 0.810. The van der Waals surface area contributed by atoms with Crippen LogP contribution in [0.25, 0.3) is 6.08 Å². The van der Waals surface area contributed by atoms with E-state index in [0.29, 0.717) is 11.7 Å². The fourth-order valence-electron chi connectivity index (χ4n) is 2.84. The van der Waals surface area contributed by atoms with Crippen LogP contribution in [0, 0.1) is 0 Å². The number of aromatic nitrogens is 2. The van der Waals surface area contributed by atoms with Crippen molar-refractivity contribution in [2.24, 2.45) is 0 Å². The summed E-state index contributed by atoms with van der Waals surface area (Å²) in [5, 5.41) is 12.4. The van der Waals surface area contributed by atoms with Crippen molar-refractivity contribution in [3.63, 3.8) is 0 Å². The Morgan fingerprint density at radius 3 is 2.58 bits per heavy atom. The molecule has 1 aromatic carbocycles. The number of piperazine rings is 1. The van der Waals surface area contributed by atoms with Gasteiger partial charge >= 0.3 is 0 Å². The Labute approximate surface area is 158 Å². The molecule has 1 amide bonds. The summed E-state index contributed by atoms with van der Waals surface area (Å²) in [5.41, 5.74) is 1.23. The second kappa shape index (κ2) is 9.56. The zero-order chi connectivity index (χ0) is 18.2. The van der Waals surface area contributed by atoms with E-state index in [1.54, 1.807) is 0 Å². The third kappa shape index (κ3) is 5.72. The molecule has 3 rings (SSSR count). The van der Waals surface area contributed by atoms with Gasteiger partial charge in [0, 0.05) is 32.7 Å². The molecule has 7 heteroatoms. The second-order valence-electron chi connectivity index (χ2n) is 6.29. The van der Waals surface area contributed by atoms with E-state index >= 15 is 0 Å². The molecule has 6 nitrogen and oxygen atoms in total. The highest BCUT2D eigenvalue weighted by molar-refractivity contribution is 7.15. The van der Waals surface area contributed by atoms with Crippen LogP contribution in [0.15, 0.2) is 36.4 Å². The first-order valence-electron chi connectivity index (χ1n) is 9.01. The number of carbonyl (C=O) groups is 1. The number of anilines is 1. The van der Waals surface area contributed by atoms with Gasteiger partial charge in [-0.05, 0) is 12.0 Å². The molecule has 1 aromatic heterocycles. The van der Waals surface area contributed by atoms with Gasteiger partial charge in [-0.3, -0.25) is 19.9 Å². The zero-order valence-corrected chi connectivity index (χ0v) is 15.9. The van der Waals surface area contributed by atoms with Gasteiger partial charge in [0.1, 0.15) is 5.01 Å². The van der Waals surface area contributed by atoms with E-state index in [2.05, 4.69) is 49.6 Å². The van der Waals surface area contributed by atoms with E-state index in [1.807, 2.05) is 25.1 Å². The minimum atomic E-state index is -0.0128. The van der Waals surface area contributed by atoms with Crippen LogP contribution in [0.1, 0.15) is 17.5 Å². The molecular weight excluding hydrogens is 346 g/mol. The number of hydrogen-bond acceptors (Lipinski definition) is 6. The minimum Gasteiger partial charge on any atom is -0.299 e. The van der Waals surface area contributed by atoms with Crippen LogP contribution in [0.4, 0.5) is 5.13 Å². The standard InChI is InChI=1S/C19H25N5OS/c1-2-18-21-22-19(26-18)20-17(25)15-24-13-11-23(12-14-24)10-6-9-16-7-4-3-5-8-16/h3-9H,2,10-15H2,1H3,(H,20,22,25). The van der Waals surface area contributed by atoms with Gasteiger partial charge in [0.05, 0.1) is 6.54 Å². The highest BCUT2D eigenvalue weighted by atomic mass is 32.1. The largest absolute Gasteiger partial charge is 0.299 e. The van der Waals surface area contributed by atoms with Crippen molar-refractivity contribution in [2.45, 2.75) is 13.3 Å². The molecular formula is C19H25N5OS. The fourth-order valence-corrected chi connectivity index (χ4v) is 3.54. The number of nitrogens with zero attached hydrogens (tertiary/aromatic N) is 4. The third-order valence-electron chi connectivity index (χ3n) is 4.32. The van der Waals surface area contributed by atoms with E-state index < -0.39 is 0 Å². The zero-order valence-electron chi connectivity index (χ0n) is 15.1.